The fourth-order valence-corrected chi connectivity index (χ4v) is 2.14. The molecule has 0 aliphatic heterocycles. The third kappa shape index (κ3) is 4.20. The van der Waals surface area contributed by atoms with Crippen molar-refractivity contribution in [2.75, 3.05) is 13.2 Å². The number of nitrogens with one attached hydrogen (secondary N) is 1. The van der Waals surface area contributed by atoms with Crippen LogP contribution in [0.5, 0.6) is 0 Å². The van der Waals surface area contributed by atoms with Crippen LogP contribution in [0.3, 0.4) is 0 Å². The lowest BCUT2D eigenvalue weighted by molar-refractivity contribution is -0.126. The normalized spacial score (nSPS) is 31.3. The van der Waals surface area contributed by atoms with Crippen LogP contribution in [0.1, 0.15) is 40.0 Å². The summed E-state index contributed by atoms with van der Waals surface area (Å²) in [6.45, 7) is 7.27. The topological polar surface area (TPSA) is 38.3 Å². The predicted molar refractivity (Wildman–Crippen MR) is 60.6 cm³/mol. The molecule has 1 N–H and O–H groups in total. The Balaban J connectivity index is 2.24. The second-order valence-corrected chi connectivity index (χ2v) is 4.67. The van der Waals surface area contributed by atoms with Gasteiger partial charge in [0.2, 0.25) is 5.91 Å². The van der Waals surface area contributed by atoms with Gasteiger partial charge in [-0.25, -0.2) is 0 Å². The SMILES string of the molecule is CCOCC(=O)NC1CCC(C)C(C)C1. The van der Waals surface area contributed by atoms with Gasteiger partial charge in [-0.3, -0.25) is 4.79 Å². The zero-order valence-corrected chi connectivity index (χ0v) is 10.1. The molecule has 0 heterocycles. The number of ether oxygens (including phenoxy) is 1. The Morgan fingerprint density at radius 2 is 2.07 bits per heavy atom. The minimum atomic E-state index is 0.0311. The van der Waals surface area contributed by atoms with E-state index in [1.54, 1.807) is 0 Å². The molecule has 0 bridgehead atoms. The van der Waals surface area contributed by atoms with Crippen LogP contribution >= 0.6 is 0 Å². The number of carbonyl (C=O) groups is 1. The van der Waals surface area contributed by atoms with Crippen molar-refractivity contribution in [2.24, 2.45) is 11.8 Å². The van der Waals surface area contributed by atoms with E-state index in [0.717, 1.165) is 24.7 Å². The van der Waals surface area contributed by atoms with Gasteiger partial charge < -0.3 is 10.1 Å². The van der Waals surface area contributed by atoms with Crippen molar-refractivity contribution in [3.05, 3.63) is 0 Å². The second-order valence-electron chi connectivity index (χ2n) is 4.67. The van der Waals surface area contributed by atoms with Gasteiger partial charge in [-0.15, -0.1) is 0 Å². The lowest BCUT2D eigenvalue weighted by atomic mass is 9.79. The lowest BCUT2D eigenvalue weighted by Gasteiger charge is -2.32. The molecule has 0 aromatic heterocycles. The molecule has 3 heteroatoms. The van der Waals surface area contributed by atoms with Crippen LogP contribution in [0.15, 0.2) is 0 Å². The molecule has 1 aliphatic carbocycles. The number of carbonyl (C=O) groups excluding carboxylic acids is 1. The van der Waals surface area contributed by atoms with Crippen molar-refractivity contribution in [1.82, 2.24) is 5.32 Å². The molecule has 3 nitrogen and oxygen atoms in total. The highest BCUT2D eigenvalue weighted by Crippen LogP contribution is 2.29. The summed E-state index contributed by atoms with van der Waals surface area (Å²) in [6, 6.07) is 0.365. The van der Waals surface area contributed by atoms with Crippen molar-refractivity contribution < 1.29 is 9.53 Å². The van der Waals surface area contributed by atoms with E-state index in [1.165, 1.54) is 6.42 Å². The molecule has 0 radical (unpaired) electrons. The first-order valence-electron chi connectivity index (χ1n) is 6.00. The molecule has 0 spiro atoms. The largest absolute Gasteiger partial charge is 0.372 e. The van der Waals surface area contributed by atoms with Gasteiger partial charge in [0.1, 0.15) is 6.61 Å². The summed E-state index contributed by atoms with van der Waals surface area (Å²) in [5.41, 5.74) is 0. The Bertz CT molecular complexity index is 206. The number of rotatable bonds is 4. The lowest BCUT2D eigenvalue weighted by Crippen LogP contribution is -2.41. The van der Waals surface area contributed by atoms with Crippen LogP contribution in [0.4, 0.5) is 0 Å². The molecule has 1 amide bonds. The van der Waals surface area contributed by atoms with E-state index in [2.05, 4.69) is 19.2 Å². The molecular formula is C12H23NO2. The standard InChI is InChI=1S/C12H23NO2/c1-4-15-8-12(14)13-11-6-5-9(2)10(3)7-11/h9-11H,4-8H2,1-3H3,(H,13,14). The van der Waals surface area contributed by atoms with E-state index in [4.69, 9.17) is 4.74 Å². The molecule has 0 aromatic carbocycles. The highest BCUT2D eigenvalue weighted by molar-refractivity contribution is 5.77. The van der Waals surface area contributed by atoms with Crippen molar-refractivity contribution in [3.8, 4) is 0 Å². The molecule has 1 fully saturated rings. The summed E-state index contributed by atoms with van der Waals surface area (Å²) in [6.07, 6.45) is 3.45. The summed E-state index contributed by atoms with van der Waals surface area (Å²) in [7, 11) is 0. The Kier molecular flexibility index (Phi) is 5.09. The van der Waals surface area contributed by atoms with Crippen LogP contribution in [0.2, 0.25) is 0 Å². The van der Waals surface area contributed by atoms with Gasteiger partial charge in [-0.2, -0.15) is 0 Å². The molecule has 0 saturated heterocycles. The van der Waals surface area contributed by atoms with Gasteiger partial charge in [0.25, 0.3) is 0 Å². The highest BCUT2D eigenvalue weighted by Gasteiger charge is 2.25. The van der Waals surface area contributed by atoms with E-state index in [9.17, 15) is 4.79 Å². The number of hydrogen-bond donors (Lipinski definition) is 1. The van der Waals surface area contributed by atoms with E-state index in [1.807, 2.05) is 6.92 Å². The summed E-state index contributed by atoms with van der Waals surface area (Å²) < 4.78 is 5.07. The molecule has 1 aliphatic rings. The second kappa shape index (κ2) is 6.11. The van der Waals surface area contributed by atoms with Gasteiger partial charge in [0.15, 0.2) is 0 Å². The molecule has 1 saturated carbocycles. The molecule has 0 aromatic rings. The third-order valence-corrected chi connectivity index (χ3v) is 3.40. The molecule has 3 atom stereocenters. The number of amides is 1. The Hall–Kier alpha value is -0.570. The molecule has 3 unspecified atom stereocenters. The van der Waals surface area contributed by atoms with Gasteiger partial charge in [0, 0.05) is 12.6 Å². The third-order valence-electron chi connectivity index (χ3n) is 3.40. The molecule has 88 valence electrons. The minimum Gasteiger partial charge on any atom is -0.372 e. The maximum Gasteiger partial charge on any atom is 0.246 e. The Morgan fingerprint density at radius 3 is 2.67 bits per heavy atom. The van der Waals surface area contributed by atoms with Crippen molar-refractivity contribution >= 4 is 5.91 Å². The van der Waals surface area contributed by atoms with Crippen LogP contribution in [0, 0.1) is 11.8 Å². The van der Waals surface area contributed by atoms with Gasteiger partial charge >= 0.3 is 0 Å². The molecule has 15 heavy (non-hydrogen) atoms. The van der Waals surface area contributed by atoms with Gasteiger partial charge in [-0.05, 0) is 38.0 Å². The average molecular weight is 213 g/mol. The first-order valence-corrected chi connectivity index (χ1v) is 6.00. The van der Waals surface area contributed by atoms with E-state index >= 15 is 0 Å². The molecular weight excluding hydrogens is 190 g/mol. The maximum absolute atomic E-state index is 11.4. The monoisotopic (exact) mass is 213 g/mol. The zero-order chi connectivity index (χ0) is 11.3. The summed E-state index contributed by atoms with van der Waals surface area (Å²) in [5.74, 6) is 1.55. The smallest absolute Gasteiger partial charge is 0.246 e. The highest BCUT2D eigenvalue weighted by atomic mass is 16.5. The summed E-state index contributed by atoms with van der Waals surface area (Å²) in [5, 5.41) is 3.04. The minimum absolute atomic E-state index is 0.0311. The van der Waals surface area contributed by atoms with E-state index in [0.29, 0.717) is 12.6 Å². The van der Waals surface area contributed by atoms with Crippen LogP contribution in [-0.4, -0.2) is 25.2 Å². The first kappa shape index (κ1) is 12.5. The summed E-state index contributed by atoms with van der Waals surface area (Å²) in [4.78, 5) is 11.4. The van der Waals surface area contributed by atoms with Gasteiger partial charge in [0.05, 0.1) is 0 Å². The number of hydrogen-bond acceptors (Lipinski definition) is 2. The average Bonchev–Trinajstić information content (AvgIpc) is 2.20. The van der Waals surface area contributed by atoms with Crippen LogP contribution in [0.25, 0.3) is 0 Å². The first-order chi connectivity index (χ1) is 7.13. The zero-order valence-electron chi connectivity index (χ0n) is 10.1. The van der Waals surface area contributed by atoms with Crippen molar-refractivity contribution in [1.29, 1.82) is 0 Å². The predicted octanol–water partition coefficient (Wildman–Crippen LogP) is 1.96. The Morgan fingerprint density at radius 1 is 1.33 bits per heavy atom. The maximum atomic E-state index is 11.4. The van der Waals surface area contributed by atoms with E-state index in [-0.39, 0.29) is 12.5 Å². The summed E-state index contributed by atoms with van der Waals surface area (Å²) >= 11 is 0. The van der Waals surface area contributed by atoms with Crippen LogP contribution < -0.4 is 5.32 Å². The van der Waals surface area contributed by atoms with Crippen molar-refractivity contribution in [2.45, 2.75) is 46.1 Å². The van der Waals surface area contributed by atoms with Crippen molar-refractivity contribution in [3.63, 3.8) is 0 Å². The fourth-order valence-electron chi connectivity index (χ4n) is 2.14. The van der Waals surface area contributed by atoms with Gasteiger partial charge in [-0.1, -0.05) is 13.8 Å². The van der Waals surface area contributed by atoms with Crippen LogP contribution in [-0.2, 0) is 9.53 Å². The molecule has 1 rings (SSSR count). The van der Waals surface area contributed by atoms with E-state index < -0.39 is 0 Å². The fraction of sp³-hybridized carbons (Fsp3) is 0.917. The Labute approximate surface area is 92.6 Å². The quantitative estimate of drug-likeness (QED) is 0.775.